The van der Waals surface area contributed by atoms with Gasteiger partial charge in [0.25, 0.3) is 0 Å². The average molecular weight is 446 g/mol. The molecule has 0 aliphatic heterocycles. The molecule has 0 rings (SSSR count). The largest absolute Gasteiger partial charge is 0.459 e. The highest BCUT2D eigenvalue weighted by atomic mass is 16.7. The van der Waals surface area contributed by atoms with Gasteiger partial charge in [-0.15, -0.1) is 0 Å². The molecule has 0 heterocycles. The van der Waals surface area contributed by atoms with Gasteiger partial charge in [-0.25, -0.2) is 0 Å². The zero-order chi connectivity index (χ0) is 24.2. The Bertz CT molecular complexity index is 776. The van der Waals surface area contributed by atoms with Crippen molar-refractivity contribution in [1.29, 1.82) is 0 Å². The van der Waals surface area contributed by atoms with E-state index < -0.39 is 87.8 Å². The van der Waals surface area contributed by atoms with E-state index in [-0.39, 0.29) is 0 Å². The van der Waals surface area contributed by atoms with Crippen molar-refractivity contribution in [2.45, 2.75) is 56.3 Å². The number of nitrogens with zero attached hydrogens (tertiary/aromatic N) is 10. The Kier molecular flexibility index (Phi) is 9.88. The zero-order valence-corrected chi connectivity index (χ0v) is 15.5. The zero-order valence-electron chi connectivity index (χ0n) is 15.5. The molecule has 0 aliphatic rings. The predicted octanol–water partition coefficient (Wildman–Crippen LogP) is 1.89. The summed E-state index contributed by atoms with van der Waals surface area (Å²) in [6.45, 7) is 0. The Hall–Kier alpha value is -4.44. The van der Waals surface area contributed by atoms with Crippen LogP contribution in [0.4, 0.5) is 0 Å². The Balaban J connectivity index is 5.68. The minimum atomic E-state index is -3.03. The van der Waals surface area contributed by atoms with Gasteiger partial charge in [0.05, 0.1) is 45.4 Å². The summed E-state index contributed by atoms with van der Waals surface area (Å²) in [5, 5.41) is 50.6. The number of carbonyl (C=O) groups is 2. The molecular formula is C11H14N10O10. The molecule has 0 radical (unpaired) electrons. The van der Waals surface area contributed by atoms with E-state index in [1.807, 2.05) is 0 Å². The van der Waals surface area contributed by atoms with Crippen molar-refractivity contribution in [1.82, 2.24) is 0 Å². The topological polar surface area (TPSA) is 304 Å². The number of hydrogen-bond acceptors (Lipinski definition) is 10. The van der Waals surface area contributed by atoms with Crippen molar-refractivity contribution in [3.8, 4) is 0 Å². The molecular weight excluding hydrogens is 432 g/mol. The van der Waals surface area contributed by atoms with Crippen LogP contribution in [0.1, 0.15) is 44.9 Å². The van der Waals surface area contributed by atoms with Gasteiger partial charge in [-0.2, -0.15) is 0 Å². The minimum absolute atomic E-state index is 0.782. The first-order valence-corrected chi connectivity index (χ1v) is 8.13. The standard InChI is InChI=1S/C11H14N10O10/c12-16-14-8(22)2-6-10(18(24)25,19(26)27)4-1-5-11(20(28)29,21(30)31)7-3-9(23)15-17-13/h1-7H2. The third-order valence-corrected chi connectivity index (χ3v) is 4.30. The van der Waals surface area contributed by atoms with Crippen molar-refractivity contribution >= 4 is 11.8 Å². The molecule has 0 unspecified atom stereocenters. The molecule has 20 heteroatoms. The summed E-state index contributed by atoms with van der Waals surface area (Å²) < 4.78 is 0. The summed E-state index contributed by atoms with van der Waals surface area (Å²) in [7, 11) is 0. The highest BCUT2D eigenvalue weighted by molar-refractivity contribution is 5.77. The Morgan fingerprint density at radius 3 is 1.19 bits per heavy atom. The lowest BCUT2D eigenvalue weighted by Gasteiger charge is -2.19. The lowest BCUT2D eigenvalue weighted by atomic mass is 9.92. The molecule has 0 aromatic rings. The Morgan fingerprint density at radius 2 is 0.968 bits per heavy atom. The van der Waals surface area contributed by atoms with Crippen LogP contribution >= 0.6 is 0 Å². The van der Waals surface area contributed by atoms with Crippen molar-refractivity contribution in [2.75, 3.05) is 0 Å². The summed E-state index contributed by atoms with van der Waals surface area (Å²) in [4.78, 5) is 66.7. The van der Waals surface area contributed by atoms with Gasteiger partial charge >= 0.3 is 11.3 Å². The summed E-state index contributed by atoms with van der Waals surface area (Å²) in [5.74, 6) is -2.45. The minimum Gasteiger partial charge on any atom is -0.293 e. The van der Waals surface area contributed by atoms with Gasteiger partial charge in [-0.05, 0) is 27.7 Å². The molecule has 0 aliphatic carbocycles. The maximum absolute atomic E-state index is 11.3. The van der Waals surface area contributed by atoms with Gasteiger partial charge in [-0.3, -0.25) is 50.0 Å². The molecule has 0 saturated heterocycles. The fourth-order valence-electron chi connectivity index (χ4n) is 2.58. The molecule has 0 fully saturated rings. The van der Waals surface area contributed by atoms with Crippen LogP contribution in [0.15, 0.2) is 10.2 Å². The number of carbonyl (C=O) groups excluding carboxylic acids is 2. The van der Waals surface area contributed by atoms with Gasteiger partial charge in [0, 0.05) is 22.7 Å². The summed E-state index contributed by atoms with van der Waals surface area (Å²) in [6, 6.07) is 0. The molecule has 0 aromatic heterocycles. The monoisotopic (exact) mass is 446 g/mol. The quantitative estimate of drug-likeness (QED) is 0.0930. The third-order valence-electron chi connectivity index (χ3n) is 4.30. The Morgan fingerprint density at radius 1 is 0.677 bits per heavy atom. The fraction of sp³-hybridized carbons (Fsp3) is 0.818. The van der Waals surface area contributed by atoms with Crippen LogP contribution in [-0.2, 0) is 9.59 Å². The van der Waals surface area contributed by atoms with Crippen LogP contribution in [0, 0.1) is 40.5 Å². The van der Waals surface area contributed by atoms with Crippen molar-refractivity contribution in [3.05, 3.63) is 61.3 Å². The maximum atomic E-state index is 11.3. The van der Waals surface area contributed by atoms with E-state index in [0.717, 1.165) is 0 Å². The molecule has 0 aromatic carbocycles. The van der Waals surface area contributed by atoms with Gasteiger partial charge in [-0.1, -0.05) is 0 Å². The molecule has 20 nitrogen and oxygen atoms in total. The van der Waals surface area contributed by atoms with E-state index in [4.69, 9.17) is 11.1 Å². The first kappa shape index (κ1) is 26.6. The van der Waals surface area contributed by atoms with E-state index in [1.165, 1.54) is 0 Å². The molecule has 0 N–H and O–H groups in total. The second-order valence-corrected chi connectivity index (χ2v) is 6.01. The lowest BCUT2D eigenvalue weighted by molar-refractivity contribution is -0.804. The molecule has 0 bridgehead atoms. The molecule has 168 valence electrons. The van der Waals surface area contributed by atoms with Crippen molar-refractivity contribution < 1.29 is 29.3 Å². The molecule has 31 heavy (non-hydrogen) atoms. The highest BCUT2D eigenvalue weighted by Gasteiger charge is 2.59. The first-order valence-electron chi connectivity index (χ1n) is 8.13. The second kappa shape index (κ2) is 11.5. The summed E-state index contributed by atoms with van der Waals surface area (Å²) in [6.07, 6.45) is -6.71. The molecule has 0 saturated carbocycles. The van der Waals surface area contributed by atoms with Crippen molar-refractivity contribution in [3.63, 3.8) is 0 Å². The van der Waals surface area contributed by atoms with E-state index in [2.05, 4.69) is 20.1 Å². The van der Waals surface area contributed by atoms with Gasteiger partial charge in [0.15, 0.2) is 0 Å². The van der Waals surface area contributed by atoms with Gasteiger partial charge in [0.2, 0.25) is 11.8 Å². The SMILES string of the molecule is [N-]=[N+]=NC(=O)CCC(CCCC(CCC(=O)N=[N+]=[N-])([N+](=O)[O-])[N+](=O)[O-])([N+](=O)[O-])[N+](=O)[O-]. The van der Waals surface area contributed by atoms with E-state index in [0.29, 0.717) is 0 Å². The number of amides is 2. The van der Waals surface area contributed by atoms with Crippen LogP contribution < -0.4 is 0 Å². The smallest absolute Gasteiger partial charge is 0.293 e. The van der Waals surface area contributed by atoms with E-state index in [9.17, 15) is 50.0 Å². The number of hydrogen-bond donors (Lipinski definition) is 0. The average Bonchev–Trinajstić information content (AvgIpc) is 2.66. The van der Waals surface area contributed by atoms with Crippen LogP contribution in [0.25, 0.3) is 20.9 Å². The second-order valence-electron chi connectivity index (χ2n) is 6.01. The van der Waals surface area contributed by atoms with E-state index >= 15 is 0 Å². The highest BCUT2D eigenvalue weighted by Crippen LogP contribution is 2.31. The van der Waals surface area contributed by atoms with E-state index in [1.54, 1.807) is 0 Å². The van der Waals surface area contributed by atoms with Gasteiger partial charge < -0.3 is 0 Å². The number of rotatable bonds is 14. The molecule has 0 spiro atoms. The molecule has 2 amide bonds. The first-order chi connectivity index (χ1) is 14.4. The number of azide groups is 2. The fourth-order valence-corrected chi connectivity index (χ4v) is 2.58. The summed E-state index contributed by atoms with van der Waals surface area (Å²) in [5.41, 5.74) is 10.2. The lowest BCUT2D eigenvalue weighted by Crippen LogP contribution is -2.49. The van der Waals surface area contributed by atoms with Crippen LogP contribution in [0.2, 0.25) is 0 Å². The third kappa shape index (κ3) is 6.84. The van der Waals surface area contributed by atoms with Crippen molar-refractivity contribution in [2.24, 2.45) is 10.2 Å². The van der Waals surface area contributed by atoms with Crippen LogP contribution in [0.3, 0.4) is 0 Å². The molecule has 0 atom stereocenters. The van der Waals surface area contributed by atoms with Gasteiger partial charge in [0.1, 0.15) is 0 Å². The number of nitro groups is 4. The maximum Gasteiger partial charge on any atom is 0.459 e. The normalized spacial score (nSPS) is 10.8. The predicted molar refractivity (Wildman–Crippen MR) is 94.1 cm³/mol. The Labute approximate surface area is 170 Å². The summed E-state index contributed by atoms with van der Waals surface area (Å²) >= 11 is 0. The van der Waals surface area contributed by atoms with Crippen LogP contribution in [-0.4, -0.2) is 42.8 Å². The van der Waals surface area contributed by atoms with Crippen LogP contribution in [0.5, 0.6) is 0 Å².